The number of amides is 1. The minimum absolute atomic E-state index is 0.0114. The average molecular weight is 247 g/mol. The standard InChI is InChI=1S/C14H17NO3/c16-9-14(6-7-14)15-13(17)11-5-8-18-12-4-2-1-3-10(11)12/h1-4,11,16H,5-9H2,(H,15,17). The van der Waals surface area contributed by atoms with Crippen LogP contribution >= 0.6 is 0 Å². The van der Waals surface area contributed by atoms with Gasteiger partial charge in [0, 0.05) is 5.56 Å². The van der Waals surface area contributed by atoms with Crippen molar-refractivity contribution in [2.24, 2.45) is 0 Å². The van der Waals surface area contributed by atoms with Crippen molar-refractivity contribution in [3.63, 3.8) is 0 Å². The summed E-state index contributed by atoms with van der Waals surface area (Å²) in [6.45, 7) is 0.602. The molecule has 4 nitrogen and oxygen atoms in total. The van der Waals surface area contributed by atoms with Crippen molar-refractivity contribution in [2.75, 3.05) is 13.2 Å². The quantitative estimate of drug-likeness (QED) is 0.843. The molecule has 1 aromatic carbocycles. The van der Waals surface area contributed by atoms with Crippen LogP contribution in [-0.2, 0) is 4.79 Å². The van der Waals surface area contributed by atoms with Crippen LogP contribution in [0.2, 0.25) is 0 Å². The van der Waals surface area contributed by atoms with Gasteiger partial charge in [-0.2, -0.15) is 0 Å². The number of aliphatic hydroxyl groups is 1. The van der Waals surface area contributed by atoms with Crippen LogP contribution in [0.15, 0.2) is 24.3 Å². The van der Waals surface area contributed by atoms with E-state index in [0.29, 0.717) is 13.0 Å². The molecule has 3 rings (SSSR count). The van der Waals surface area contributed by atoms with E-state index in [4.69, 9.17) is 4.74 Å². The number of carbonyl (C=O) groups excluding carboxylic acids is 1. The number of carbonyl (C=O) groups is 1. The van der Waals surface area contributed by atoms with Crippen LogP contribution in [0.4, 0.5) is 0 Å². The van der Waals surface area contributed by atoms with Crippen molar-refractivity contribution in [2.45, 2.75) is 30.7 Å². The Morgan fingerprint density at radius 3 is 2.94 bits per heavy atom. The number of aliphatic hydroxyl groups excluding tert-OH is 1. The van der Waals surface area contributed by atoms with Gasteiger partial charge in [-0.05, 0) is 25.3 Å². The van der Waals surface area contributed by atoms with Gasteiger partial charge in [-0.15, -0.1) is 0 Å². The zero-order chi connectivity index (χ0) is 12.6. The molecule has 1 aromatic rings. The zero-order valence-electron chi connectivity index (χ0n) is 10.2. The minimum atomic E-state index is -0.343. The number of rotatable bonds is 3. The molecule has 1 heterocycles. The number of hydrogen-bond donors (Lipinski definition) is 2. The summed E-state index contributed by atoms with van der Waals surface area (Å²) in [5.41, 5.74) is 0.611. The lowest BCUT2D eigenvalue weighted by Crippen LogP contribution is -2.43. The number of ether oxygens (including phenoxy) is 1. The largest absolute Gasteiger partial charge is 0.493 e. The van der Waals surface area contributed by atoms with Gasteiger partial charge < -0.3 is 15.2 Å². The molecule has 0 radical (unpaired) electrons. The molecule has 96 valence electrons. The van der Waals surface area contributed by atoms with Crippen molar-refractivity contribution in [3.05, 3.63) is 29.8 Å². The maximum atomic E-state index is 12.3. The Morgan fingerprint density at radius 1 is 1.44 bits per heavy atom. The van der Waals surface area contributed by atoms with Gasteiger partial charge >= 0.3 is 0 Å². The molecule has 1 unspecified atom stereocenters. The molecule has 18 heavy (non-hydrogen) atoms. The van der Waals surface area contributed by atoms with Gasteiger partial charge in [0.05, 0.1) is 24.7 Å². The van der Waals surface area contributed by atoms with E-state index in [1.54, 1.807) is 0 Å². The molecular formula is C14H17NO3. The van der Waals surface area contributed by atoms with Crippen LogP contribution in [0, 0.1) is 0 Å². The Bertz CT molecular complexity index is 468. The van der Waals surface area contributed by atoms with Crippen LogP contribution in [0.1, 0.15) is 30.7 Å². The van der Waals surface area contributed by atoms with E-state index in [2.05, 4.69) is 5.32 Å². The van der Waals surface area contributed by atoms with Crippen molar-refractivity contribution in [1.29, 1.82) is 0 Å². The molecule has 1 aliphatic heterocycles. The van der Waals surface area contributed by atoms with Gasteiger partial charge in [0.25, 0.3) is 0 Å². The van der Waals surface area contributed by atoms with Crippen molar-refractivity contribution in [1.82, 2.24) is 5.32 Å². The Balaban J connectivity index is 1.79. The Morgan fingerprint density at radius 2 is 2.22 bits per heavy atom. The van der Waals surface area contributed by atoms with Crippen molar-refractivity contribution in [3.8, 4) is 5.75 Å². The monoisotopic (exact) mass is 247 g/mol. The van der Waals surface area contributed by atoms with Crippen LogP contribution < -0.4 is 10.1 Å². The molecule has 1 atom stereocenters. The highest BCUT2D eigenvalue weighted by Crippen LogP contribution is 2.38. The van der Waals surface area contributed by atoms with E-state index in [1.807, 2.05) is 24.3 Å². The summed E-state index contributed by atoms with van der Waals surface area (Å²) in [7, 11) is 0. The SMILES string of the molecule is O=C(NC1(CO)CC1)C1CCOc2ccccc21. The second-order valence-electron chi connectivity index (χ2n) is 5.16. The molecule has 1 saturated carbocycles. The Hall–Kier alpha value is -1.55. The molecule has 1 aliphatic carbocycles. The number of hydrogen-bond acceptors (Lipinski definition) is 3. The van der Waals surface area contributed by atoms with Gasteiger partial charge in [0.1, 0.15) is 5.75 Å². The lowest BCUT2D eigenvalue weighted by molar-refractivity contribution is -0.124. The van der Waals surface area contributed by atoms with E-state index in [9.17, 15) is 9.90 Å². The summed E-state index contributed by atoms with van der Waals surface area (Å²) in [6, 6.07) is 7.67. The molecule has 2 aliphatic rings. The third-order valence-electron chi connectivity index (χ3n) is 3.82. The lowest BCUT2D eigenvalue weighted by Gasteiger charge is -2.26. The van der Waals surface area contributed by atoms with Gasteiger partial charge in [0.2, 0.25) is 5.91 Å². The minimum Gasteiger partial charge on any atom is -0.493 e. The average Bonchev–Trinajstić information content (AvgIpc) is 3.18. The van der Waals surface area contributed by atoms with Crippen LogP contribution in [0.3, 0.4) is 0 Å². The zero-order valence-corrected chi connectivity index (χ0v) is 10.2. The normalized spacial score (nSPS) is 23.7. The van der Waals surface area contributed by atoms with Gasteiger partial charge in [-0.25, -0.2) is 0 Å². The van der Waals surface area contributed by atoms with Gasteiger partial charge in [-0.1, -0.05) is 18.2 Å². The van der Waals surface area contributed by atoms with E-state index in [0.717, 1.165) is 24.2 Å². The Labute approximate surface area is 106 Å². The molecule has 0 aromatic heterocycles. The third-order valence-corrected chi connectivity index (χ3v) is 3.82. The van der Waals surface area contributed by atoms with Crippen LogP contribution in [0.25, 0.3) is 0 Å². The van der Waals surface area contributed by atoms with Crippen LogP contribution in [0.5, 0.6) is 5.75 Å². The molecule has 0 saturated heterocycles. The van der Waals surface area contributed by atoms with Gasteiger partial charge in [0.15, 0.2) is 0 Å². The first kappa shape index (κ1) is 11.5. The number of nitrogens with one attached hydrogen (secondary N) is 1. The van der Waals surface area contributed by atoms with E-state index < -0.39 is 0 Å². The maximum absolute atomic E-state index is 12.3. The summed E-state index contributed by atoms with van der Waals surface area (Å²) >= 11 is 0. The lowest BCUT2D eigenvalue weighted by atomic mass is 9.92. The summed E-state index contributed by atoms with van der Waals surface area (Å²) in [5, 5.41) is 12.2. The molecular weight excluding hydrogens is 230 g/mol. The summed E-state index contributed by atoms with van der Waals surface area (Å²) < 4.78 is 5.55. The first-order valence-electron chi connectivity index (χ1n) is 6.39. The third kappa shape index (κ3) is 1.97. The number of fused-ring (bicyclic) bond motifs is 1. The maximum Gasteiger partial charge on any atom is 0.228 e. The molecule has 0 bridgehead atoms. The highest BCUT2D eigenvalue weighted by Gasteiger charge is 2.44. The van der Waals surface area contributed by atoms with Crippen LogP contribution in [-0.4, -0.2) is 29.8 Å². The summed E-state index contributed by atoms with van der Waals surface area (Å²) in [6.07, 6.45) is 2.45. The number of para-hydroxylation sites is 1. The first-order chi connectivity index (χ1) is 8.74. The molecule has 4 heteroatoms. The highest BCUT2D eigenvalue weighted by atomic mass is 16.5. The summed E-state index contributed by atoms with van der Waals surface area (Å²) in [4.78, 5) is 12.3. The highest BCUT2D eigenvalue weighted by molar-refractivity contribution is 5.85. The predicted octanol–water partition coefficient (Wildman–Crippen LogP) is 1.19. The number of benzene rings is 1. The predicted molar refractivity (Wildman–Crippen MR) is 66.5 cm³/mol. The molecule has 2 N–H and O–H groups in total. The van der Waals surface area contributed by atoms with E-state index in [1.165, 1.54) is 0 Å². The fourth-order valence-electron chi connectivity index (χ4n) is 2.44. The topological polar surface area (TPSA) is 58.6 Å². The van der Waals surface area contributed by atoms with Crippen molar-refractivity contribution >= 4 is 5.91 Å². The fraction of sp³-hybridized carbons (Fsp3) is 0.500. The Kier molecular flexibility index (Phi) is 2.74. The van der Waals surface area contributed by atoms with Gasteiger partial charge in [-0.3, -0.25) is 4.79 Å². The van der Waals surface area contributed by atoms with Crippen molar-refractivity contribution < 1.29 is 14.6 Å². The first-order valence-corrected chi connectivity index (χ1v) is 6.39. The molecule has 0 spiro atoms. The molecule has 1 amide bonds. The summed E-state index contributed by atoms with van der Waals surface area (Å²) in [5.74, 6) is 0.661. The van der Waals surface area contributed by atoms with E-state index in [-0.39, 0.29) is 24.0 Å². The fourth-order valence-corrected chi connectivity index (χ4v) is 2.44. The second kappa shape index (κ2) is 4.28. The van der Waals surface area contributed by atoms with E-state index >= 15 is 0 Å². The smallest absolute Gasteiger partial charge is 0.228 e. The molecule has 1 fully saturated rings. The second-order valence-corrected chi connectivity index (χ2v) is 5.16.